The molecule has 0 spiro atoms. The Hall–Kier alpha value is -2.12. The van der Waals surface area contributed by atoms with E-state index in [4.69, 9.17) is 0 Å². The summed E-state index contributed by atoms with van der Waals surface area (Å²) in [4.78, 5) is 9.65. The Morgan fingerprint density at radius 3 is 2.83 bits per heavy atom. The smallest absolute Gasteiger partial charge is 0.336 e. The van der Waals surface area contributed by atoms with E-state index in [1.165, 1.54) is 6.20 Å². The van der Waals surface area contributed by atoms with Crippen LogP contribution in [0.3, 0.4) is 0 Å². The number of halogens is 3. The number of alkyl halides is 3. The SMILES string of the molecule is Cc1cnn(C[C@H]2CCCCN2c2nccc(C(F)(F)F)n2)c1. The molecule has 0 unspecified atom stereocenters. The van der Waals surface area contributed by atoms with Crippen molar-refractivity contribution < 1.29 is 13.2 Å². The number of nitrogens with zero attached hydrogens (tertiary/aromatic N) is 5. The molecule has 0 radical (unpaired) electrons. The van der Waals surface area contributed by atoms with Gasteiger partial charge in [0.15, 0.2) is 0 Å². The van der Waals surface area contributed by atoms with Crippen LogP contribution in [0, 0.1) is 6.92 Å². The first-order chi connectivity index (χ1) is 10.9. The molecule has 8 heteroatoms. The van der Waals surface area contributed by atoms with Crippen LogP contribution in [0.2, 0.25) is 0 Å². The van der Waals surface area contributed by atoms with Crippen molar-refractivity contribution in [1.29, 1.82) is 0 Å². The zero-order chi connectivity index (χ0) is 16.4. The fourth-order valence-electron chi connectivity index (χ4n) is 2.88. The first kappa shape index (κ1) is 15.8. The zero-order valence-electron chi connectivity index (χ0n) is 12.8. The van der Waals surface area contributed by atoms with Gasteiger partial charge in [-0.05, 0) is 37.8 Å². The van der Waals surface area contributed by atoms with Gasteiger partial charge in [0.2, 0.25) is 5.95 Å². The van der Waals surface area contributed by atoms with Gasteiger partial charge >= 0.3 is 6.18 Å². The van der Waals surface area contributed by atoms with E-state index in [1.54, 1.807) is 6.20 Å². The monoisotopic (exact) mass is 325 g/mol. The third-order valence-electron chi connectivity index (χ3n) is 3.98. The Bertz CT molecular complexity index is 667. The molecular weight excluding hydrogens is 307 g/mol. The number of rotatable bonds is 3. The normalized spacial score (nSPS) is 19.1. The van der Waals surface area contributed by atoms with Crippen molar-refractivity contribution in [3.8, 4) is 0 Å². The molecule has 0 N–H and O–H groups in total. The van der Waals surface area contributed by atoms with E-state index in [1.807, 2.05) is 22.7 Å². The standard InChI is InChI=1S/C15H18F3N5/c1-11-8-20-22(9-11)10-12-4-2-3-7-23(12)14-19-6-5-13(21-14)15(16,17)18/h5-6,8-9,12H,2-4,7,10H2,1H3/t12-/m1/s1. The van der Waals surface area contributed by atoms with Crippen LogP contribution in [0.25, 0.3) is 0 Å². The van der Waals surface area contributed by atoms with Crippen LogP contribution in [0.1, 0.15) is 30.5 Å². The minimum atomic E-state index is -4.46. The van der Waals surface area contributed by atoms with Crippen LogP contribution < -0.4 is 4.90 Å². The average Bonchev–Trinajstić information content (AvgIpc) is 2.92. The van der Waals surface area contributed by atoms with E-state index in [2.05, 4.69) is 15.1 Å². The molecule has 23 heavy (non-hydrogen) atoms. The Morgan fingerprint density at radius 2 is 2.13 bits per heavy atom. The molecule has 0 aromatic carbocycles. The van der Waals surface area contributed by atoms with Crippen LogP contribution in [-0.2, 0) is 12.7 Å². The highest BCUT2D eigenvalue weighted by molar-refractivity contribution is 5.33. The molecule has 1 atom stereocenters. The number of aromatic nitrogens is 4. The van der Waals surface area contributed by atoms with Gasteiger partial charge in [-0.1, -0.05) is 0 Å². The molecule has 2 aromatic heterocycles. The average molecular weight is 325 g/mol. The fourth-order valence-corrected chi connectivity index (χ4v) is 2.88. The summed E-state index contributed by atoms with van der Waals surface area (Å²) in [5, 5.41) is 4.26. The Balaban J connectivity index is 1.83. The Morgan fingerprint density at radius 1 is 1.30 bits per heavy atom. The molecule has 124 valence electrons. The molecular formula is C15H18F3N5. The van der Waals surface area contributed by atoms with Gasteiger partial charge in [0.05, 0.1) is 18.8 Å². The molecule has 3 rings (SSSR count). The molecule has 1 saturated heterocycles. The van der Waals surface area contributed by atoms with E-state index >= 15 is 0 Å². The van der Waals surface area contributed by atoms with Crippen molar-refractivity contribution in [3.05, 3.63) is 35.9 Å². The zero-order valence-corrected chi connectivity index (χ0v) is 12.8. The van der Waals surface area contributed by atoms with Crippen LogP contribution in [0.15, 0.2) is 24.7 Å². The van der Waals surface area contributed by atoms with Gasteiger partial charge in [-0.2, -0.15) is 18.3 Å². The maximum absolute atomic E-state index is 12.9. The number of anilines is 1. The van der Waals surface area contributed by atoms with Crippen molar-refractivity contribution in [2.45, 2.75) is 44.9 Å². The van der Waals surface area contributed by atoms with E-state index in [-0.39, 0.29) is 12.0 Å². The van der Waals surface area contributed by atoms with Crippen molar-refractivity contribution >= 4 is 5.95 Å². The first-order valence-electron chi connectivity index (χ1n) is 7.59. The second kappa shape index (κ2) is 6.17. The molecule has 2 aromatic rings. The molecule has 0 bridgehead atoms. The quantitative estimate of drug-likeness (QED) is 0.870. The molecule has 1 aliphatic heterocycles. The predicted octanol–water partition coefficient (Wildman–Crippen LogP) is 3.06. The summed E-state index contributed by atoms with van der Waals surface area (Å²) in [6.07, 6.45) is 3.28. The van der Waals surface area contributed by atoms with Crippen molar-refractivity contribution in [1.82, 2.24) is 19.7 Å². The Kier molecular flexibility index (Phi) is 4.23. The highest BCUT2D eigenvalue weighted by atomic mass is 19.4. The van der Waals surface area contributed by atoms with Crippen LogP contribution in [-0.4, -0.2) is 32.3 Å². The summed E-state index contributed by atoms with van der Waals surface area (Å²) >= 11 is 0. The van der Waals surface area contributed by atoms with Crippen LogP contribution >= 0.6 is 0 Å². The summed E-state index contributed by atoms with van der Waals surface area (Å²) in [5.41, 5.74) is 0.157. The second-order valence-electron chi connectivity index (χ2n) is 5.82. The van der Waals surface area contributed by atoms with Gasteiger partial charge in [-0.3, -0.25) is 4.68 Å². The van der Waals surface area contributed by atoms with Gasteiger partial charge in [0.25, 0.3) is 0 Å². The van der Waals surface area contributed by atoms with Crippen LogP contribution in [0.4, 0.5) is 19.1 Å². The molecule has 0 saturated carbocycles. The minimum absolute atomic E-state index is 0.0477. The third-order valence-corrected chi connectivity index (χ3v) is 3.98. The number of hydrogen-bond donors (Lipinski definition) is 0. The second-order valence-corrected chi connectivity index (χ2v) is 5.82. The summed E-state index contributed by atoms with van der Waals surface area (Å²) in [6.45, 7) is 3.23. The maximum Gasteiger partial charge on any atom is 0.433 e. The largest absolute Gasteiger partial charge is 0.433 e. The summed E-state index contributed by atoms with van der Waals surface area (Å²) in [6, 6.07) is 0.950. The summed E-state index contributed by atoms with van der Waals surface area (Å²) in [5.74, 6) is 0.147. The number of piperidine rings is 1. The molecule has 0 aliphatic carbocycles. The van der Waals surface area contributed by atoms with Gasteiger partial charge in [0, 0.05) is 18.9 Å². The minimum Gasteiger partial charge on any atom is -0.336 e. The van der Waals surface area contributed by atoms with Gasteiger partial charge < -0.3 is 4.90 Å². The van der Waals surface area contributed by atoms with Gasteiger partial charge in [-0.15, -0.1) is 0 Å². The molecule has 3 heterocycles. The van der Waals surface area contributed by atoms with Crippen molar-refractivity contribution in [2.24, 2.45) is 0 Å². The molecule has 5 nitrogen and oxygen atoms in total. The first-order valence-corrected chi connectivity index (χ1v) is 7.59. The predicted molar refractivity (Wildman–Crippen MR) is 79.0 cm³/mol. The molecule has 1 fully saturated rings. The van der Waals surface area contributed by atoms with Crippen molar-refractivity contribution in [3.63, 3.8) is 0 Å². The molecule has 1 aliphatic rings. The lowest BCUT2D eigenvalue weighted by Crippen LogP contribution is -2.43. The highest BCUT2D eigenvalue weighted by Gasteiger charge is 2.34. The number of hydrogen-bond acceptors (Lipinski definition) is 4. The summed E-state index contributed by atoms with van der Waals surface area (Å²) in [7, 11) is 0. The maximum atomic E-state index is 12.9. The van der Waals surface area contributed by atoms with Gasteiger partial charge in [-0.25, -0.2) is 9.97 Å². The van der Waals surface area contributed by atoms with Crippen LogP contribution in [0.5, 0.6) is 0 Å². The fraction of sp³-hybridized carbons (Fsp3) is 0.533. The number of aryl methyl sites for hydroxylation is 1. The third kappa shape index (κ3) is 3.62. The summed E-state index contributed by atoms with van der Waals surface area (Å²) < 4.78 is 40.4. The van der Waals surface area contributed by atoms with E-state index in [0.717, 1.165) is 30.9 Å². The topological polar surface area (TPSA) is 46.8 Å². The lowest BCUT2D eigenvalue weighted by atomic mass is 10.0. The van der Waals surface area contributed by atoms with E-state index < -0.39 is 11.9 Å². The highest BCUT2D eigenvalue weighted by Crippen LogP contribution is 2.29. The van der Waals surface area contributed by atoms with Crippen molar-refractivity contribution in [2.75, 3.05) is 11.4 Å². The van der Waals surface area contributed by atoms with Gasteiger partial charge in [0.1, 0.15) is 5.69 Å². The van der Waals surface area contributed by atoms with E-state index in [0.29, 0.717) is 13.1 Å². The molecule has 0 amide bonds. The Labute approximate surface area is 132 Å². The lowest BCUT2D eigenvalue weighted by molar-refractivity contribution is -0.141. The lowest BCUT2D eigenvalue weighted by Gasteiger charge is -2.35. The van der Waals surface area contributed by atoms with E-state index in [9.17, 15) is 13.2 Å².